The van der Waals surface area contributed by atoms with Gasteiger partial charge in [-0.15, -0.1) is 0 Å². The van der Waals surface area contributed by atoms with E-state index in [1.807, 2.05) is 0 Å². The standard InChI is InChI=1S/C14H15ClFNO3/c1-7(14(19)20)17(2)13(18)9-6-8(9)12-10(15)4-3-5-11(12)16/h3-5,7-9H,6H2,1-2H3,(H,19,20). The molecule has 1 saturated carbocycles. The molecular weight excluding hydrogens is 285 g/mol. The number of hydrogen-bond acceptors (Lipinski definition) is 2. The highest BCUT2D eigenvalue weighted by molar-refractivity contribution is 6.31. The Bertz CT molecular complexity index is 543. The third-order valence-corrected chi connectivity index (χ3v) is 4.09. The van der Waals surface area contributed by atoms with Gasteiger partial charge in [0.25, 0.3) is 0 Å². The van der Waals surface area contributed by atoms with Gasteiger partial charge >= 0.3 is 5.97 Å². The number of benzene rings is 1. The summed E-state index contributed by atoms with van der Waals surface area (Å²) in [6, 6.07) is 3.51. The molecule has 1 fully saturated rings. The Labute approximate surface area is 121 Å². The van der Waals surface area contributed by atoms with E-state index in [1.54, 1.807) is 6.07 Å². The summed E-state index contributed by atoms with van der Waals surface area (Å²) in [6.07, 6.45) is 0.496. The minimum Gasteiger partial charge on any atom is -0.480 e. The second-order valence-electron chi connectivity index (χ2n) is 5.05. The molecule has 1 N–H and O–H groups in total. The van der Waals surface area contributed by atoms with Crippen LogP contribution in [-0.4, -0.2) is 35.0 Å². The van der Waals surface area contributed by atoms with Crippen molar-refractivity contribution >= 4 is 23.5 Å². The Morgan fingerprint density at radius 3 is 2.70 bits per heavy atom. The van der Waals surface area contributed by atoms with Crippen LogP contribution in [0.15, 0.2) is 18.2 Å². The van der Waals surface area contributed by atoms with Crippen molar-refractivity contribution in [3.63, 3.8) is 0 Å². The zero-order valence-electron chi connectivity index (χ0n) is 11.1. The van der Waals surface area contributed by atoms with Crippen molar-refractivity contribution in [2.45, 2.75) is 25.3 Å². The number of nitrogens with zero attached hydrogens (tertiary/aromatic N) is 1. The zero-order chi connectivity index (χ0) is 15.0. The molecular formula is C14H15ClFNO3. The topological polar surface area (TPSA) is 57.6 Å². The number of amides is 1. The largest absolute Gasteiger partial charge is 0.480 e. The van der Waals surface area contributed by atoms with Gasteiger partial charge in [-0.05, 0) is 25.5 Å². The van der Waals surface area contributed by atoms with Crippen LogP contribution in [-0.2, 0) is 9.59 Å². The highest BCUT2D eigenvalue weighted by Crippen LogP contribution is 2.51. The molecule has 0 bridgehead atoms. The summed E-state index contributed by atoms with van der Waals surface area (Å²) in [5.74, 6) is -2.44. The van der Waals surface area contributed by atoms with Crippen molar-refractivity contribution in [2.75, 3.05) is 7.05 Å². The summed E-state index contributed by atoms with van der Waals surface area (Å²) >= 11 is 5.97. The van der Waals surface area contributed by atoms with E-state index < -0.39 is 23.7 Å². The SMILES string of the molecule is CC(C(=O)O)N(C)C(=O)C1CC1c1c(F)cccc1Cl. The van der Waals surface area contributed by atoms with Crippen molar-refractivity contribution in [3.8, 4) is 0 Å². The van der Waals surface area contributed by atoms with Gasteiger partial charge in [0.15, 0.2) is 0 Å². The molecule has 2 rings (SSSR count). The summed E-state index contributed by atoms with van der Waals surface area (Å²) in [7, 11) is 1.44. The first-order valence-electron chi connectivity index (χ1n) is 6.28. The van der Waals surface area contributed by atoms with Gasteiger partial charge in [0.05, 0.1) is 0 Å². The molecule has 3 atom stereocenters. The first-order valence-corrected chi connectivity index (χ1v) is 6.65. The fourth-order valence-electron chi connectivity index (χ4n) is 2.27. The lowest BCUT2D eigenvalue weighted by molar-refractivity contribution is -0.148. The number of carbonyl (C=O) groups is 2. The van der Waals surface area contributed by atoms with E-state index in [4.69, 9.17) is 16.7 Å². The average molecular weight is 300 g/mol. The average Bonchev–Trinajstić information content (AvgIpc) is 3.16. The van der Waals surface area contributed by atoms with E-state index in [-0.39, 0.29) is 11.8 Å². The molecule has 1 aliphatic rings. The third-order valence-electron chi connectivity index (χ3n) is 3.76. The zero-order valence-corrected chi connectivity index (χ0v) is 11.9. The lowest BCUT2D eigenvalue weighted by Gasteiger charge is -2.21. The second-order valence-corrected chi connectivity index (χ2v) is 5.45. The molecule has 3 unspecified atom stereocenters. The van der Waals surface area contributed by atoms with E-state index >= 15 is 0 Å². The Balaban J connectivity index is 2.12. The van der Waals surface area contributed by atoms with Crippen LogP contribution in [0.5, 0.6) is 0 Å². The highest BCUT2D eigenvalue weighted by Gasteiger charge is 2.48. The molecule has 108 valence electrons. The monoisotopic (exact) mass is 299 g/mol. The maximum absolute atomic E-state index is 13.8. The van der Waals surface area contributed by atoms with Crippen LogP contribution in [0.2, 0.25) is 5.02 Å². The molecule has 20 heavy (non-hydrogen) atoms. The molecule has 1 aromatic carbocycles. The van der Waals surface area contributed by atoms with E-state index in [2.05, 4.69) is 0 Å². The van der Waals surface area contributed by atoms with Crippen LogP contribution >= 0.6 is 11.6 Å². The van der Waals surface area contributed by atoms with Crippen molar-refractivity contribution in [2.24, 2.45) is 5.92 Å². The Morgan fingerprint density at radius 2 is 2.15 bits per heavy atom. The molecule has 6 heteroatoms. The number of aliphatic carboxylic acids is 1. The van der Waals surface area contributed by atoms with E-state index in [9.17, 15) is 14.0 Å². The van der Waals surface area contributed by atoms with Gasteiger partial charge in [0.2, 0.25) is 5.91 Å². The van der Waals surface area contributed by atoms with Crippen LogP contribution in [0.4, 0.5) is 4.39 Å². The number of carbonyl (C=O) groups excluding carboxylic acids is 1. The van der Waals surface area contributed by atoms with Crippen LogP contribution < -0.4 is 0 Å². The predicted molar refractivity (Wildman–Crippen MR) is 72.1 cm³/mol. The molecule has 1 aliphatic carbocycles. The van der Waals surface area contributed by atoms with Gasteiger partial charge in [-0.2, -0.15) is 0 Å². The fraction of sp³-hybridized carbons (Fsp3) is 0.429. The van der Waals surface area contributed by atoms with E-state index in [0.717, 1.165) is 0 Å². The minimum atomic E-state index is -1.07. The fourth-order valence-corrected chi connectivity index (χ4v) is 2.57. The normalized spacial score (nSPS) is 22.2. The van der Waals surface area contributed by atoms with Gasteiger partial charge in [-0.3, -0.25) is 4.79 Å². The number of halogens is 2. The third kappa shape index (κ3) is 2.63. The first-order chi connectivity index (χ1) is 9.34. The summed E-state index contributed by atoms with van der Waals surface area (Å²) in [5.41, 5.74) is 0.351. The van der Waals surface area contributed by atoms with Gasteiger partial charge in [-0.1, -0.05) is 17.7 Å². The lowest BCUT2D eigenvalue weighted by atomic mass is 10.1. The van der Waals surface area contributed by atoms with Crippen LogP contribution in [0.25, 0.3) is 0 Å². The molecule has 1 amide bonds. The van der Waals surface area contributed by atoms with Crippen molar-refractivity contribution < 1.29 is 19.1 Å². The molecule has 0 radical (unpaired) electrons. The molecule has 1 aromatic rings. The highest BCUT2D eigenvalue weighted by atomic mass is 35.5. The van der Waals surface area contributed by atoms with E-state index in [1.165, 1.54) is 31.0 Å². The minimum absolute atomic E-state index is 0.264. The van der Waals surface area contributed by atoms with Gasteiger partial charge in [0, 0.05) is 29.5 Å². The Kier molecular flexibility index (Phi) is 3.99. The van der Waals surface area contributed by atoms with Gasteiger partial charge in [-0.25, -0.2) is 9.18 Å². The van der Waals surface area contributed by atoms with E-state index in [0.29, 0.717) is 17.0 Å². The van der Waals surface area contributed by atoms with Crippen LogP contribution in [0.1, 0.15) is 24.8 Å². The van der Waals surface area contributed by atoms with Crippen LogP contribution in [0, 0.1) is 11.7 Å². The quantitative estimate of drug-likeness (QED) is 0.929. The maximum atomic E-state index is 13.8. The number of carboxylic acids is 1. The summed E-state index contributed by atoms with van der Waals surface area (Å²) < 4.78 is 13.8. The summed E-state index contributed by atoms with van der Waals surface area (Å²) in [4.78, 5) is 24.2. The van der Waals surface area contributed by atoms with Crippen molar-refractivity contribution in [1.82, 2.24) is 4.90 Å². The Morgan fingerprint density at radius 1 is 1.50 bits per heavy atom. The number of carboxylic acid groups (broad SMARTS) is 1. The summed E-state index contributed by atoms with van der Waals surface area (Å²) in [6.45, 7) is 1.44. The smallest absolute Gasteiger partial charge is 0.326 e. The molecule has 0 aliphatic heterocycles. The molecule has 0 aromatic heterocycles. The maximum Gasteiger partial charge on any atom is 0.326 e. The van der Waals surface area contributed by atoms with Gasteiger partial charge in [0.1, 0.15) is 11.9 Å². The lowest BCUT2D eigenvalue weighted by Crippen LogP contribution is -2.41. The van der Waals surface area contributed by atoms with Crippen molar-refractivity contribution in [3.05, 3.63) is 34.6 Å². The first kappa shape index (κ1) is 14.8. The number of rotatable bonds is 4. The Hall–Kier alpha value is -1.62. The predicted octanol–water partition coefficient (Wildman–Crippen LogP) is 2.51. The van der Waals surface area contributed by atoms with Gasteiger partial charge < -0.3 is 10.0 Å². The molecule has 4 nitrogen and oxygen atoms in total. The molecule has 0 saturated heterocycles. The van der Waals surface area contributed by atoms with Crippen LogP contribution in [0.3, 0.4) is 0 Å². The molecule has 0 spiro atoms. The number of likely N-dealkylation sites (N-methyl/N-ethyl adjacent to an activating group) is 1. The summed E-state index contributed by atoms with van der Waals surface area (Å²) in [5, 5.41) is 9.20. The number of hydrogen-bond donors (Lipinski definition) is 1. The second kappa shape index (κ2) is 5.40. The van der Waals surface area contributed by atoms with Crippen molar-refractivity contribution in [1.29, 1.82) is 0 Å². The molecule has 0 heterocycles.